The molecule has 0 saturated heterocycles. The fraction of sp³-hybridized carbons (Fsp3) is 0.571. The summed E-state index contributed by atoms with van der Waals surface area (Å²) in [6.45, 7) is 3.58. The Morgan fingerprint density at radius 1 is 1.35 bits per heavy atom. The summed E-state index contributed by atoms with van der Waals surface area (Å²) in [4.78, 5) is 0. The predicted octanol–water partition coefficient (Wildman–Crippen LogP) is 2.60. The van der Waals surface area contributed by atoms with Gasteiger partial charge < -0.3 is 14.8 Å². The number of benzene rings is 1. The number of hydrogen-bond acceptors (Lipinski definition) is 3. The van der Waals surface area contributed by atoms with Crippen LogP contribution < -0.4 is 10.1 Å². The normalized spacial score (nSPS) is 12.4. The van der Waals surface area contributed by atoms with Gasteiger partial charge in [0, 0.05) is 13.2 Å². The van der Waals surface area contributed by atoms with Gasteiger partial charge in [-0.05, 0) is 44.5 Å². The highest BCUT2D eigenvalue weighted by molar-refractivity contribution is 5.28. The smallest absolute Gasteiger partial charge is 0.119 e. The van der Waals surface area contributed by atoms with E-state index < -0.39 is 0 Å². The maximum atomic E-state index is 5.70. The van der Waals surface area contributed by atoms with Crippen LogP contribution in [0, 0.1) is 0 Å². The van der Waals surface area contributed by atoms with E-state index in [0.29, 0.717) is 12.6 Å². The Morgan fingerprint density at radius 3 is 2.88 bits per heavy atom. The minimum Gasteiger partial charge on any atom is -0.494 e. The summed E-state index contributed by atoms with van der Waals surface area (Å²) in [5.74, 6) is 0.927. The third kappa shape index (κ3) is 5.71. The SMILES string of the molecule is CNC(C)CCCOc1cccc(COC)c1. The largest absolute Gasteiger partial charge is 0.494 e. The van der Waals surface area contributed by atoms with Crippen molar-refractivity contribution in [1.82, 2.24) is 5.32 Å². The van der Waals surface area contributed by atoms with Crippen LogP contribution in [-0.2, 0) is 11.3 Å². The van der Waals surface area contributed by atoms with Crippen LogP contribution in [-0.4, -0.2) is 26.8 Å². The van der Waals surface area contributed by atoms with Crippen LogP contribution in [0.4, 0.5) is 0 Å². The molecule has 1 atom stereocenters. The molecule has 0 amide bonds. The van der Waals surface area contributed by atoms with Crippen LogP contribution in [0.2, 0.25) is 0 Å². The van der Waals surface area contributed by atoms with Crippen molar-refractivity contribution >= 4 is 0 Å². The van der Waals surface area contributed by atoms with Crippen molar-refractivity contribution < 1.29 is 9.47 Å². The molecular weight excluding hydrogens is 214 g/mol. The lowest BCUT2D eigenvalue weighted by molar-refractivity contribution is 0.184. The third-order valence-corrected chi connectivity index (χ3v) is 2.75. The maximum absolute atomic E-state index is 5.70. The number of rotatable bonds is 8. The maximum Gasteiger partial charge on any atom is 0.119 e. The molecule has 1 aromatic carbocycles. The molecule has 0 aliphatic rings. The fourth-order valence-corrected chi connectivity index (χ4v) is 1.62. The summed E-state index contributed by atoms with van der Waals surface area (Å²) in [7, 11) is 3.69. The number of ether oxygens (including phenoxy) is 2. The van der Waals surface area contributed by atoms with Gasteiger partial charge in [-0.15, -0.1) is 0 Å². The molecule has 1 unspecified atom stereocenters. The van der Waals surface area contributed by atoms with E-state index >= 15 is 0 Å². The first-order valence-corrected chi connectivity index (χ1v) is 6.14. The van der Waals surface area contributed by atoms with Crippen molar-refractivity contribution in [3.63, 3.8) is 0 Å². The predicted molar refractivity (Wildman–Crippen MR) is 70.4 cm³/mol. The van der Waals surface area contributed by atoms with Crippen LogP contribution in [0.3, 0.4) is 0 Å². The Bertz CT molecular complexity index is 315. The quantitative estimate of drug-likeness (QED) is 0.705. The summed E-state index contributed by atoms with van der Waals surface area (Å²) in [5.41, 5.74) is 1.15. The molecule has 96 valence electrons. The minimum atomic E-state index is 0.554. The molecule has 0 radical (unpaired) electrons. The van der Waals surface area contributed by atoms with Gasteiger partial charge in [-0.1, -0.05) is 12.1 Å². The highest BCUT2D eigenvalue weighted by Crippen LogP contribution is 2.14. The highest BCUT2D eigenvalue weighted by Gasteiger charge is 1.99. The van der Waals surface area contributed by atoms with Crippen molar-refractivity contribution in [1.29, 1.82) is 0 Å². The summed E-state index contributed by atoms with van der Waals surface area (Å²) < 4.78 is 10.8. The van der Waals surface area contributed by atoms with Crippen LogP contribution in [0.15, 0.2) is 24.3 Å². The molecule has 3 nitrogen and oxygen atoms in total. The van der Waals surface area contributed by atoms with E-state index in [9.17, 15) is 0 Å². The molecule has 0 bridgehead atoms. The molecule has 0 aromatic heterocycles. The summed E-state index contributed by atoms with van der Waals surface area (Å²) >= 11 is 0. The lowest BCUT2D eigenvalue weighted by Crippen LogP contribution is -2.21. The molecule has 17 heavy (non-hydrogen) atoms. The van der Waals surface area contributed by atoms with Crippen LogP contribution >= 0.6 is 0 Å². The first-order chi connectivity index (χ1) is 8.26. The molecule has 1 aromatic rings. The second kappa shape index (κ2) is 8.09. The molecule has 1 N–H and O–H groups in total. The lowest BCUT2D eigenvalue weighted by Gasteiger charge is -2.11. The zero-order chi connectivity index (χ0) is 12.5. The Hall–Kier alpha value is -1.06. The van der Waals surface area contributed by atoms with Crippen molar-refractivity contribution in [3.05, 3.63) is 29.8 Å². The summed E-state index contributed by atoms with van der Waals surface area (Å²) in [5, 5.41) is 3.22. The van der Waals surface area contributed by atoms with E-state index in [1.165, 1.54) is 0 Å². The van der Waals surface area contributed by atoms with Gasteiger partial charge in [0.1, 0.15) is 5.75 Å². The number of nitrogens with one attached hydrogen (secondary N) is 1. The van der Waals surface area contributed by atoms with E-state index in [-0.39, 0.29) is 0 Å². The highest BCUT2D eigenvalue weighted by atomic mass is 16.5. The second-order valence-electron chi connectivity index (χ2n) is 4.26. The minimum absolute atomic E-state index is 0.554. The molecule has 3 heteroatoms. The van der Waals surface area contributed by atoms with Gasteiger partial charge in [-0.25, -0.2) is 0 Å². The van der Waals surface area contributed by atoms with E-state index in [4.69, 9.17) is 9.47 Å². The van der Waals surface area contributed by atoms with Gasteiger partial charge in [0.15, 0.2) is 0 Å². The van der Waals surface area contributed by atoms with Crippen molar-refractivity contribution in [2.75, 3.05) is 20.8 Å². The van der Waals surface area contributed by atoms with Crippen LogP contribution in [0.25, 0.3) is 0 Å². The summed E-state index contributed by atoms with van der Waals surface area (Å²) in [6.07, 6.45) is 2.20. The fourth-order valence-electron chi connectivity index (χ4n) is 1.62. The first kappa shape index (κ1) is 14.0. The van der Waals surface area contributed by atoms with Gasteiger partial charge in [0.25, 0.3) is 0 Å². The molecule has 0 spiro atoms. The Morgan fingerprint density at radius 2 is 2.18 bits per heavy atom. The van der Waals surface area contributed by atoms with Gasteiger partial charge in [-0.2, -0.15) is 0 Å². The standard InChI is InChI=1S/C14H23NO2/c1-12(15-2)6-5-9-17-14-8-4-7-13(10-14)11-16-3/h4,7-8,10,12,15H,5-6,9,11H2,1-3H3. The second-order valence-corrected chi connectivity index (χ2v) is 4.26. The Balaban J connectivity index is 2.28. The van der Waals surface area contributed by atoms with Crippen molar-refractivity contribution in [2.45, 2.75) is 32.4 Å². The molecule has 0 heterocycles. The zero-order valence-corrected chi connectivity index (χ0v) is 11.0. The topological polar surface area (TPSA) is 30.5 Å². The number of methoxy groups -OCH3 is 1. The first-order valence-electron chi connectivity index (χ1n) is 6.14. The Kier molecular flexibility index (Phi) is 6.67. The zero-order valence-electron chi connectivity index (χ0n) is 11.0. The van der Waals surface area contributed by atoms with Crippen molar-refractivity contribution in [2.24, 2.45) is 0 Å². The van der Waals surface area contributed by atoms with E-state index in [2.05, 4.69) is 12.2 Å². The monoisotopic (exact) mass is 237 g/mol. The lowest BCUT2D eigenvalue weighted by atomic mass is 10.2. The number of hydrogen-bond donors (Lipinski definition) is 1. The van der Waals surface area contributed by atoms with E-state index in [0.717, 1.165) is 30.8 Å². The third-order valence-electron chi connectivity index (χ3n) is 2.75. The average molecular weight is 237 g/mol. The van der Waals surface area contributed by atoms with Gasteiger partial charge in [0.05, 0.1) is 13.2 Å². The molecule has 0 aliphatic heterocycles. The van der Waals surface area contributed by atoms with Gasteiger partial charge >= 0.3 is 0 Å². The van der Waals surface area contributed by atoms with Gasteiger partial charge in [0.2, 0.25) is 0 Å². The average Bonchev–Trinajstić information content (AvgIpc) is 2.35. The van der Waals surface area contributed by atoms with E-state index in [1.54, 1.807) is 7.11 Å². The summed E-state index contributed by atoms with van der Waals surface area (Å²) in [6, 6.07) is 8.61. The van der Waals surface area contributed by atoms with E-state index in [1.807, 2.05) is 31.3 Å². The van der Waals surface area contributed by atoms with Crippen LogP contribution in [0.5, 0.6) is 5.75 Å². The molecule has 1 rings (SSSR count). The van der Waals surface area contributed by atoms with Crippen molar-refractivity contribution in [3.8, 4) is 5.75 Å². The molecule has 0 saturated carbocycles. The van der Waals surface area contributed by atoms with Gasteiger partial charge in [-0.3, -0.25) is 0 Å². The van der Waals surface area contributed by atoms with Crippen LogP contribution in [0.1, 0.15) is 25.3 Å². The molecule has 0 aliphatic carbocycles. The molecule has 0 fully saturated rings. The molecular formula is C14H23NO2. The Labute approximate surface area is 104 Å².